The second kappa shape index (κ2) is 21.4. The molecule has 3 aliphatic rings. The summed E-state index contributed by atoms with van der Waals surface area (Å²) in [6, 6.07) is 25.8. The van der Waals surface area contributed by atoms with E-state index >= 15 is 0 Å². The van der Waals surface area contributed by atoms with E-state index in [4.69, 9.17) is 32.7 Å². The Hall–Kier alpha value is -5.60. The van der Waals surface area contributed by atoms with E-state index in [1.54, 1.807) is 28.1 Å². The van der Waals surface area contributed by atoms with E-state index in [0.29, 0.717) is 11.5 Å². The highest BCUT2D eigenvalue weighted by molar-refractivity contribution is 7.44. The molecule has 2 unspecified atom stereocenters. The highest BCUT2D eigenvalue weighted by Crippen LogP contribution is 2.51. The molecule has 1 N–H and O–H groups in total. The van der Waals surface area contributed by atoms with Gasteiger partial charge in [-0.25, -0.2) is 4.67 Å². The van der Waals surface area contributed by atoms with Crippen molar-refractivity contribution in [3.05, 3.63) is 95.6 Å². The molecule has 17 nitrogen and oxygen atoms in total. The minimum Gasteiger partial charge on any atom is -0.497 e. The molecule has 3 aromatic carbocycles. The molecule has 0 saturated carbocycles. The first-order valence-electron chi connectivity index (χ1n) is 21.1. The fourth-order valence-electron chi connectivity index (χ4n) is 7.70. The van der Waals surface area contributed by atoms with Crippen LogP contribution < -0.4 is 14.8 Å². The number of ether oxygens (including phenoxy) is 5. The highest BCUT2D eigenvalue weighted by atomic mass is 31.2. The molecule has 3 aliphatic heterocycles. The molecule has 0 aliphatic carbocycles. The number of rotatable bonds is 19. The Labute approximate surface area is 375 Å². The number of carbonyl (C=O) groups is 3. The summed E-state index contributed by atoms with van der Waals surface area (Å²) in [6.07, 6.45) is -2.96. The maximum absolute atomic E-state index is 13.4. The summed E-state index contributed by atoms with van der Waals surface area (Å²) < 4.78 is 47.0. The number of hydrogen-bond donors (Lipinski definition) is 1. The van der Waals surface area contributed by atoms with Gasteiger partial charge in [-0.1, -0.05) is 68.4 Å². The van der Waals surface area contributed by atoms with Crippen LogP contribution in [0.4, 0.5) is 0 Å². The zero-order valence-corrected chi connectivity index (χ0v) is 38.4. The standard InChI is InChI=1S/C46H56N7O10P/c1-28(2)42(55)50-45-49-41-38(43(56)51-45)48-27-52(41)44-40(61-31(7)54)39(63-64(60-25-13-24-47)53(29(3)4)30(5)6)37(62-44)26-59-46(32-14-11-10-12-15-32,33-16-20-35(57-8)21-17-33)34-18-22-36(58-9)23-19-34/h10-12,14-23,27-30,37-40,44H,13,25-26H2,1-9H3,(H,50,51,55,56)/t37-,38?,39-,40+,44-,64?/m1/s1. The van der Waals surface area contributed by atoms with Gasteiger partial charge in [0.25, 0.3) is 20.3 Å². The summed E-state index contributed by atoms with van der Waals surface area (Å²) in [5, 5.41) is 12.0. The van der Waals surface area contributed by atoms with Crippen LogP contribution in [0.15, 0.2) is 93.8 Å². The number of esters is 1. The number of benzene rings is 3. The van der Waals surface area contributed by atoms with Gasteiger partial charge in [0.15, 0.2) is 24.2 Å². The molecule has 1 fully saturated rings. The van der Waals surface area contributed by atoms with Crippen molar-refractivity contribution in [2.24, 2.45) is 20.9 Å². The van der Waals surface area contributed by atoms with Crippen LogP contribution in [0.1, 0.15) is 71.6 Å². The molecule has 64 heavy (non-hydrogen) atoms. The van der Waals surface area contributed by atoms with Crippen LogP contribution in [0, 0.1) is 17.2 Å². The number of nitrogens with zero attached hydrogens (tertiary/aromatic N) is 6. The monoisotopic (exact) mass is 897 g/mol. The Morgan fingerprint density at radius 2 is 1.52 bits per heavy atom. The maximum Gasteiger partial charge on any atom is 0.303 e. The van der Waals surface area contributed by atoms with Crippen molar-refractivity contribution in [1.29, 1.82) is 5.26 Å². The van der Waals surface area contributed by atoms with Crippen LogP contribution in [0.3, 0.4) is 0 Å². The van der Waals surface area contributed by atoms with Crippen molar-refractivity contribution >= 4 is 44.4 Å². The van der Waals surface area contributed by atoms with Crippen LogP contribution in [-0.2, 0) is 43.2 Å². The van der Waals surface area contributed by atoms with E-state index in [2.05, 4.69) is 31.0 Å². The van der Waals surface area contributed by atoms with Gasteiger partial charge in [-0.2, -0.15) is 15.2 Å². The van der Waals surface area contributed by atoms with E-state index in [1.165, 1.54) is 18.2 Å². The lowest BCUT2D eigenvalue weighted by molar-refractivity contribution is -0.155. The summed E-state index contributed by atoms with van der Waals surface area (Å²) >= 11 is 0. The smallest absolute Gasteiger partial charge is 0.303 e. The molecule has 3 aromatic rings. The molecule has 18 heteroatoms. The Bertz CT molecular complexity index is 2180. The van der Waals surface area contributed by atoms with Crippen LogP contribution in [0.2, 0.25) is 0 Å². The van der Waals surface area contributed by atoms with Gasteiger partial charge in [-0.3, -0.25) is 29.6 Å². The number of nitriles is 1. The molecular formula is C46H56N7O10P. The highest BCUT2D eigenvalue weighted by Gasteiger charge is 2.56. The third-order valence-corrected chi connectivity index (χ3v) is 12.8. The maximum atomic E-state index is 13.4. The van der Waals surface area contributed by atoms with Gasteiger partial charge in [-0.15, -0.1) is 0 Å². The van der Waals surface area contributed by atoms with Gasteiger partial charge >= 0.3 is 5.97 Å². The Balaban J connectivity index is 1.50. The van der Waals surface area contributed by atoms with Crippen LogP contribution in [-0.4, -0.2) is 116 Å². The third-order valence-electron chi connectivity index (χ3n) is 10.6. The summed E-state index contributed by atoms with van der Waals surface area (Å²) in [5.74, 6) is -0.926. The lowest BCUT2D eigenvalue weighted by Gasteiger charge is -2.39. The van der Waals surface area contributed by atoms with Crippen molar-refractivity contribution in [2.75, 3.05) is 27.4 Å². The minimum absolute atomic E-state index is 0.0723. The molecule has 1 saturated heterocycles. The van der Waals surface area contributed by atoms with E-state index < -0.39 is 68.4 Å². The van der Waals surface area contributed by atoms with Crippen molar-refractivity contribution in [1.82, 2.24) is 14.9 Å². The van der Waals surface area contributed by atoms with Crippen LogP contribution >= 0.6 is 8.53 Å². The molecule has 0 aromatic heterocycles. The van der Waals surface area contributed by atoms with Gasteiger partial charge in [0.2, 0.25) is 5.96 Å². The molecule has 0 radical (unpaired) electrons. The molecule has 3 heterocycles. The molecular weight excluding hydrogens is 842 g/mol. The number of guanidine groups is 1. The molecule has 6 atom stereocenters. The first-order chi connectivity index (χ1) is 30.7. The number of carbonyl (C=O) groups excluding carboxylic acids is 3. The van der Waals surface area contributed by atoms with Gasteiger partial charge in [-0.05, 0) is 68.7 Å². The summed E-state index contributed by atoms with van der Waals surface area (Å²) in [6.45, 7) is 12.6. The van der Waals surface area contributed by atoms with Gasteiger partial charge in [0, 0.05) is 24.9 Å². The average molecular weight is 898 g/mol. The number of amidine groups is 1. The predicted molar refractivity (Wildman–Crippen MR) is 240 cm³/mol. The van der Waals surface area contributed by atoms with E-state index in [1.807, 2.05) is 107 Å². The first-order valence-corrected chi connectivity index (χ1v) is 22.2. The molecule has 2 amide bonds. The van der Waals surface area contributed by atoms with Gasteiger partial charge in [0.1, 0.15) is 29.3 Å². The number of hydrogen-bond acceptors (Lipinski definition) is 14. The number of fused-ring (bicyclic) bond motifs is 1. The van der Waals surface area contributed by atoms with Crippen LogP contribution in [0.25, 0.3) is 0 Å². The summed E-state index contributed by atoms with van der Waals surface area (Å²) in [5.41, 5.74) is 1.04. The molecule has 0 bridgehead atoms. The van der Waals surface area contributed by atoms with E-state index in [9.17, 15) is 19.6 Å². The lowest BCUT2D eigenvalue weighted by Crippen LogP contribution is -2.54. The second-order valence-electron chi connectivity index (χ2n) is 16.0. The average Bonchev–Trinajstić information content (AvgIpc) is 3.84. The quantitative estimate of drug-likeness (QED) is 0.0628. The van der Waals surface area contributed by atoms with Crippen molar-refractivity contribution < 1.29 is 47.1 Å². The van der Waals surface area contributed by atoms with E-state index in [-0.39, 0.29) is 43.5 Å². The predicted octanol–water partition coefficient (Wildman–Crippen LogP) is 6.11. The fourth-order valence-corrected chi connectivity index (χ4v) is 9.47. The van der Waals surface area contributed by atoms with Crippen LogP contribution in [0.5, 0.6) is 11.5 Å². The number of methoxy groups -OCH3 is 2. The summed E-state index contributed by atoms with van der Waals surface area (Å²) in [7, 11) is 1.26. The zero-order chi connectivity index (χ0) is 46.1. The van der Waals surface area contributed by atoms with E-state index in [0.717, 1.165) is 16.7 Å². The first kappa shape index (κ1) is 47.9. The van der Waals surface area contributed by atoms with Crippen molar-refractivity contribution in [3.63, 3.8) is 0 Å². The second-order valence-corrected chi connectivity index (χ2v) is 17.4. The number of amides is 2. The fraction of sp³-hybridized carbons (Fsp3) is 0.457. The SMILES string of the molecule is COc1ccc(C(OC[C@H]2O[C@@H](N3C=NC4C(=O)NC(=NC(=O)C(C)C)N=C43)[C@@H](OC(C)=O)[C@@H]2OP(OCCC#N)N(C(C)C)C(C)C)(c2ccccc2)c2ccc(OC)cc2)cc1. The van der Waals surface area contributed by atoms with Gasteiger partial charge in [0.05, 0.1) is 46.3 Å². The minimum atomic E-state index is -1.94. The topological polar surface area (TPSA) is 195 Å². The molecule has 340 valence electrons. The molecule has 0 spiro atoms. The summed E-state index contributed by atoms with van der Waals surface area (Å²) in [4.78, 5) is 53.8. The molecule has 6 rings (SSSR count). The van der Waals surface area contributed by atoms with Crippen molar-refractivity contribution in [2.45, 2.75) is 103 Å². The third kappa shape index (κ3) is 10.5. The normalized spacial score (nSPS) is 21.8. The Morgan fingerprint density at radius 1 is 0.922 bits per heavy atom. The Kier molecular flexibility index (Phi) is 16.0. The number of aliphatic imine (C=N–C) groups is 3. The Morgan fingerprint density at radius 3 is 2.05 bits per heavy atom. The van der Waals surface area contributed by atoms with Gasteiger partial charge < -0.3 is 32.7 Å². The largest absolute Gasteiger partial charge is 0.497 e. The van der Waals surface area contributed by atoms with Crippen molar-refractivity contribution in [3.8, 4) is 17.6 Å². The lowest BCUT2D eigenvalue weighted by atomic mass is 9.80. The zero-order valence-electron chi connectivity index (χ0n) is 37.5. The number of nitrogens with one attached hydrogen (secondary N) is 1.